The Hall–Kier alpha value is -0.570. The van der Waals surface area contributed by atoms with Crippen LogP contribution in [0.2, 0.25) is 0 Å². The van der Waals surface area contributed by atoms with Gasteiger partial charge >= 0.3 is 5.97 Å². The third-order valence-electron chi connectivity index (χ3n) is 5.55. The molecule has 0 amide bonds. The van der Waals surface area contributed by atoms with Crippen molar-refractivity contribution in [3.05, 3.63) is 0 Å². The fraction of sp³-hybridized carbons (Fsp3) is 0.960. The zero-order valence-electron chi connectivity index (χ0n) is 19.8. The quantitative estimate of drug-likeness (QED) is 0.154. The molecule has 0 bridgehead atoms. The molecular weight excluding hydrogens is 348 g/mol. The lowest BCUT2D eigenvalue weighted by Crippen LogP contribution is -2.33. The summed E-state index contributed by atoms with van der Waals surface area (Å²) < 4.78 is 11.7. The van der Waals surface area contributed by atoms with E-state index in [0.717, 1.165) is 25.9 Å². The first-order valence-corrected chi connectivity index (χ1v) is 12.3. The zero-order valence-corrected chi connectivity index (χ0v) is 19.8. The van der Waals surface area contributed by atoms with Gasteiger partial charge in [-0.2, -0.15) is 0 Å². The van der Waals surface area contributed by atoms with Gasteiger partial charge in [0.05, 0.1) is 11.7 Å². The lowest BCUT2D eigenvalue weighted by atomic mass is 9.84. The molecule has 3 heteroatoms. The number of carbonyl (C=O) groups excluding carboxylic acids is 1. The Morgan fingerprint density at radius 3 is 1.68 bits per heavy atom. The largest absolute Gasteiger partial charge is 0.463 e. The maximum atomic E-state index is 11.8. The molecular formula is C25H50O3. The number of hydrogen-bond acceptors (Lipinski definition) is 3. The van der Waals surface area contributed by atoms with Gasteiger partial charge in [0.25, 0.3) is 0 Å². The predicted molar refractivity (Wildman–Crippen MR) is 121 cm³/mol. The Balaban J connectivity index is 4.52. The van der Waals surface area contributed by atoms with E-state index in [1.807, 2.05) is 13.8 Å². The van der Waals surface area contributed by atoms with Crippen molar-refractivity contribution >= 4 is 5.97 Å². The van der Waals surface area contributed by atoms with Crippen LogP contribution in [0.3, 0.4) is 0 Å². The summed E-state index contributed by atoms with van der Waals surface area (Å²) in [5, 5.41) is 0. The van der Waals surface area contributed by atoms with Crippen molar-refractivity contribution in [1.29, 1.82) is 0 Å². The second kappa shape index (κ2) is 18.5. The van der Waals surface area contributed by atoms with Crippen LogP contribution in [0, 0.1) is 0 Å². The second-order valence-corrected chi connectivity index (χ2v) is 8.69. The first-order chi connectivity index (χ1) is 13.5. The van der Waals surface area contributed by atoms with Crippen LogP contribution in [-0.2, 0) is 14.3 Å². The Kier molecular flexibility index (Phi) is 18.1. The molecule has 0 radical (unpaired) electrons. The van der Waals surface area contributed by atoms with E-state index in [1.165, 1.54) is 77.0 Å². The minimum atomic E-state index is -0.0594. The molecule has 0 aliphatic rings. The highest BCUT2D eigenvalue weighted by atomic mass is 16.5. The van der Waals surface area contributed by atoms with Crippen LogP contribution in [0.15, 0.2) is 0 Å². The fourth-order valence-corrected chi connectivity index (χ4v) is 4.04. The lowest BCUT2D eigenvalue weighted by molar-refractivity contribution is -0.147. The van der Waals surface area contributed by atoms with E-state index in [-0.39, 0.29) is 17.7 Å². The molecule has 0 aliphatic carbocycles. The van der Waals surface area contributed by atoms with Crippen molar-refractivity contribution < 1.29 is 14.3 Å². The predicted octanol–water partition coefficient (Wildman–Crippen LogP) is 7.99. The minimum Gasteiger partial charge on any atom is -0.463 e. The van der Waals surface area contributed by atoms with Gasteiger partial charge in [-0.05, 0) is 46.5 Å². The number of carbonyl (C=O) groups is 1. The molecule has 0 spiro atoms. The molecule has 0 aromatic heterocycles. The molecule has 0 heterocycles. The molecule has 1 unspecified atom stereocenters. The highest BCUT2D eigenvalue weighted by Gasteiger charge is 2.29. The van der Waals surface area contributed by atoms with E-state index in [9.17, 15) is 4.79 Å². The molecule has 0 aromatic rings. The van der Waals surface area contributed by atoms with E-state index in [4.69, 9.17) is 9.47 Å². The smallest absolute Gasteiger partial charge is 0.306 e. The maximum Gasteiger partial charge on any atom is 0.306 e. The Bertz CT molecular complexity index is 354. The average molecular weight is 399 g/mol. The van der Waals surface area contributed by atoms with Gasteiger partial charge < -0.3 is 9.47 Å². The first-order valence-electron chi connectivity index (χ1n) is 12.3. The summed E-state index contributed by atoms with van der Waals surface area (Å²) >= 11 is 0. The summed E-state index contributed by atoms with van der Waals surface area (Å²) in [6.07, 6.45) is 19.1. The summed E-state index contributed by atoms with van der Waals surface area (Å²) in [6, 6.07) is 0. The van der Waals surface area contributed by atoms with Gasteiger partial charge in [0.15, 0.2) is 0 Å². The van der Waals surface area contributed by atoms with Crippen LogP contribution >= 0.6 is 0 Å². The van der Waals surface area contributed by atoms with E-state index in [2.05, 4.69) is 20.8 Å². The van der Waals surface area contributed by atoms with Gasteiger partial charge in [0.2, 0.25) is 0 Å². The second-order valence-electron chi connectivity index (χ2n) is 8.69. The highest BCUT2D eigenvalue weighted by Crippen LogP contribution is 2.32. The van der Waals surface area contributed by atoms with E-state index in [1.54, 1.807) is 0 Å². The van der Waals surface area contributed by atoms with Crippen LogP contribution in [0.5, 0.6) is 0 Å². The van der Waals surface area contributed by atoms with E-state index >= 15 is 0 Å². The average Bonchev–Trinajstić information content (AvgIpc) is 2.65. The Labute approximate surface area is 176 Å². The summed E-state index contributed by atoms with van der Waals surface area (Å²) in [6.45, 7) is 11.3. The van der Waals surface area contributed by atoms with Gasteiger partial charge in [0.1, 0.15) is 0 Å². The van der Waals surface area contributed by atoms with Gasteiger partial charge in [0, 0.05) is 13.0 Å². The third kappa shape index (κ3) is 15.4. The maximum absolute atomic E-state index is 11.8. The van der Waals surface area contributed by atoms with E-state index < -0.39 is 0 Å². The van der Waals surface area contributed by atoms with Crippen LogP contribution in [0.25, 0.3) is 0 Å². The van der Waals surface area contributed by atoms with Crippen molar-refractivity contribution in [3.63, 3.8) is 0 Å². The number of esters is 1. The number of unbranched alkanes of at least 4 members (excludes halogenated alkanes) is 9. The molecule has 3 nitrogen and oxygen atoms in total. The third-order valence-corrected chi connectivity index (χ3v) is 5.55. The van der Waals surface area contributed by atoms with Crippen molar-refractivity contribution in [2.24, 2.45) is 0 Å². The zero-order chi connectivity index (χ0) is 21.1. The van der Waals surface area contributed by atoms with Gasteiger partial charge in [-0.15, -0.1) is 0 Å². The number of rotatable bonds is 20. The monoisotopic (exact) mass is 398 g/mol. The van der Waals surface area contributed by atoms with Crippen LogP contribution in [0.4, 0.5) is 0 Å². The van der Waals surface area contributed by atoms with E-state index in [0.29, 0.717) is 6.42 Å². The summed E-state index contributed by atoms with van der Waals surface area (Å²) in [4.78, 5) is 11.8. The molecule has 0 fully saturated rings. The molecule has 0 aliphatic heterocycles. The molecule has 0 saturated carbocycles. The standard InChI is InChI=1S/C25H50O3/c1-6-9-11-13-14-17-21-25(27-8-3,20-16-12-10-7-2)22-18-15-19-24(26)28-23(4)5/h23H,6-22H2,1-5H3. The molecule has 28 heavy (non-hydrogen) atoms. The van der Waals surface area contributed by atoms with Crippen molar-refractivity contribution in [2.75, 3.05) is 6.61 Å². The van der Waals surface area contributed by atoms with Crippen molar-refractivity contribution in [1.82, 2.24) is 0 Å². The number of ether oxygens (including phenoxy) is 2. The normalized spacial score (nSPS) is 13.6. The molecule has 0 saturated heterocycles. The van der Waals surface area contributed by atoms with Crippen molar-refractivity contribution in [2.45, 2.75) is 149 Å². The van der Waals surface area contributed by atoms with Gasteiger partial charge in [-0.1, -0.05) is 84.5 Å². The van der Waals surface area contributed by atoms with Crippen LogP contribution < -0.4 is 0 Å². The summed E-state index contributed by atoms with van der Waals surface area (Å²) in [7, 11) is 0. The highest BCUT2D eigenvalue weighted by molar-refractivity contribution is 5.69. The SMILES string of the molecule is CCCCCCCCC(CCCCCC)(CCCCC(=O)OC(C)C)OCC. The molecule has 168 valence electrons. The number of hydrogen-bond donors (Lipinski definition) is 0. The first kappa shape index (κ1) is 27.4. The van der Waals surface area contributed by atoms with Gasteiger partial charge in [-0.25, -0.2) is 0 Å². The summed E-state index contributed by atoms with van der Waals surface area (Å²) in [5.41, 5.74) is 0.0230. The van der Waals surface area contributed by atoms with Gasteiger partial charge in [-0.3, -0.25) is 4.79 Å². The van der Waals surface area contributed by atoms with Crippen molar-refractivity contribution in [3.8, 4) is 0 Å². The Morgan fingerprint density at radius 2 is 1.18 bits per heavy atom. The molecule has 0 rings (SSSR count). The Morgan fingerprint density at radius 1 is 0.714 bits per heavy atom. The topological polar surface area (TPSA) is 35.5 Å². The summed E-state index contributed by atoms with van der Waals surface area (Å²) in [5.74, 6) is -0.0594. The molecule has 0 N–H and O–H groups in total. The van der Waals surface area contributed by atoms with Crippen LogP contribution in [0.1, 0.15) is 137 Å². The molecule has 1 atom stereocenters. The van der Waals surface area contributed by atoms with Crippen LogP contribution in [-0.4, -0.2) is 24.3 Å². The lowest BCUT2D eigenvalue weighted by Gasteiger charge is -2.34. The molecule has 0 aromatic carbocycles. The minimum absolute atomic E-state index is 0.0127. The fourth-order valence-electron chi connectivity index (χ4n) is 4.04.